The molecule has 9 heteroatoms. The monoisotopic (exact) mass is 503 g/mol. The predicted octanol–water partition coefficient (Wildman–Crippen LogP) is 3.31. The van der Waals surface area contributed by atoms with E-state index in [1.807, 2.05) is 24.3 Å². The van der Waals surface area contributed by atoms with Crippen LogP contribution in [-0.4, -0.2) is 28.2 Å². The van der Waals surface area contributed by atoms with Crippen molar-refractivity contribution in [3.8, 4) is 0 Å². The highest BCUT2D eigenvalue weighted by Gasteiger charge is 2.27. The molecule has 3 N–H and O–H groups in total. The maximum Gasteiger partial charge on any atom is 0.272 e. The van der Waals surface area contributed by atoms with Gasteiger partial charge < -0.3 is 5.32 Å². The first kappa shape index (κ1) is 22.1. The standard InChI is InChI=1S/C24H18BrN5O3/c25-17-12-10-15(11-13-17)14-26-29-24(33)21(27-22(31)16-6-2-1-3-7-16)20-18-8-4-5-9-19(18)23(32)30-28-20/h1-14,21H,(H,27,31)(H,29,33)(H,30,32)/b26-14+. The van der Waals surface area contributed by atoms with Crippen LogP contribution >= 0.6 is 15.9 Å². The molecule has 1 aromatic heterocycles. The van der Waals surface area contributed by atoms with Crippen LogP contribution in [0.3, 0.4) is 0 Å². The summed E-state index contributed by atoms with van der Waals surface area (Å²) in [5, 5.41) is 14.0. The normalized spacial score (nSPS) is 11.9. The number of hydrazone groups is 1. The summed E-state index contributed by atoms with van der Waals surface area (Å²) < 4.78 is 0.920. The molecule has 3 aromatic carbocycles. The molecule has 0 bridgehead atoms. The van der Waals surface area contributed by atoms with E-state index in [1.165, 1.54) is 6.21 Å². The van der Waals surface area contributed by atoms with Gasteiger partial charge in [0.2, 0.25) is 0 Å². The van der Waals surface area contributed by atoms with Crippen molar-refractivity contribution in [1.29, 1.82) is 0 Å². The van der Waals surface area contributed by atoms with Gasteiger partial charge in [0.15, 0.2) is 6.04 Å². The van der Waals surface area contributed by atoms with Gasteiger partial charge in [0.25, 0.3) is 17.4 Å². The minimum absolute atomic E-state index is 0.200. The van der Waals surface area contributed by atoms with Crippen molar-refractivity contribution in [3.63, 3.8) is 0 Å². The fraction of sp³-hybridized carbons (Fsp3) is 0.0417. The van der Waals surface area contributed by atoms with Crippen molar-refractivity contribution in [1.82, 2.24) is 20.9 Å². The van der Waals surface area contributed by atoms with E-state index in [0.717, 1.165) is 10.0 Å². The SMILES string of the molecule is O=C(NC(C(=O)N/N=C/c1ccc(Br)cc1)c1n[nH]c(=O)c2ccccc12)c1ccccc1. The molecule has 4 rings (SSSR count). The molecule has 4 aromatic rings. The second-order valence-corrected chi connectivity index (χ2v) is 7.96. The fourth-order valence-electron chi connectivity index (χ4n) is 3.20. The molecule has 0 fully saturated rings. The van der Waals surface area contributed by atoms with Crippen molar-refractivity contribution in [2.45, 2.75) is 6.04 Å². The first-order chi connectivity index (χ1) is 16.0. The van der Waals surface area contributed by atoms with Gasteiger partial charge in [-0.2, -0.15) is 10.2 Å². The smallest absolute Gasteiger partial charge is 0.272 e. The molecule has 0 aliphatic heterocycles. The van der Waals surface area contributed by atoms with Gasteiger partial charge in [0.1, 0.15) is 5.69 Å². The Bertz CT molecular complexity index is 1380. The Labute approximate surface area is 196 Å². The Kier molecular flexibility index (Phi) is 6.70. The highest BCUT2D eigenvalue weighted by atomic mass is 79.9. The Balaban J connectivity index is 1.66. The summed E-state index contributed by atoms with van der Waals surface area (Å²) in [6.45, 7) is 0. The van der Waals surface area contributed by atoms with E-state index in [4.69, 9.17) is 0 Å². The summed E-state index contributed by atoms with van der Waals surface area (Å²) in [5.74, 6) is -1.08. The Morgan fingerprint density at radius 1 is 0.939 bits per heavy atom. The summed E-state index contributed by atoms with van der Waals surface area (Å²) in [6.07, 6.45) is 1.48. The van der Waals surface area contributed by atoms with Gasteiger partial charge in [-0.15, -0.1) is 0 Å². The lowest BCUT2D eigenvalue weighted by Crippen LogP contribution is -2.40. The quantitative estimate of drug-likeness (QED) is 0.276. The number of halogens is 1. The number of aromatic nitrogens is 2. The number of amides is 2. The lowest BCUT2D eigenvalue weighted by atomic mass is 10.0. The number of aromatic amines is 1. The van der Waals surface area contributed by atoms with Crippen LogP contribution in [0.2, 0.25) is 0 Å². The van der Waals surface area contributed by atoms with Crippen molar-refractivity contribution in [2.75, 3.05) is 0 Å². The zero-order valence-electron chi connectivity index (χ0n) is 17.2. The number of benzene rings is 3. The minimum atomic E-state index is -1.21. The first-order valence-electron chi connectivity index (χ1n) is 9.94. The zero-order chi connectivity index (χ0) is 23.2. The number of H-pyrrole nitrogens is 1. The maximum absolute atomic E-state index is 13.1. The molecule has 0 radical (unpaired) electrons. The molecule has 33 heavy (non-hydrogen) atoms. The summed E-state index contributed by atoms with van der Waals surface area (Å²) in [7, 11) is 0. The molecule has 0 aliphatic rings. The van der Waals surface area contributed by atoms with Gasteiger partial charge >= 0.3 is 0 Å². The molecule has 1 heterocycles. The Morgan fingerprint density at radius 3 is 2.33 bits per heavy atom. The molecular formula is C24H18BrN5O3. The second kappa shape index (κ2) is 10.0. The summed E-state index contributed by atoms with van der Waals surface area (Å²) in [6, 6.07) is 21.4. The molecular weight excluding hydrogens is 486 g/mol. The largest absolute Gasteiger partial charge is 0.335 e. The van der Waals surface area contributed by atoms with Gasteiger partial charge in [0, 0.05) is 15.4 Å². The Hall–Kier alpha value is -4.11. The van der Waals surface area contributed by atoms with E-state index in [2.05, 4.69) is 42.0 Å². The molecule has 8 nitrogen and oxygen atoms in total. The average Bonchev–Trinajstić information content (AvgIpc) is 2.85. The summed E-state index contributed by atoms with van der Waals surface area (Å²) >= 11 is 3.36. The van der Waals surface area contributed by atoms with E-state index in [9.17, 15) is 14.4 Å². The minimum Gasteiger partial charge on any atom is -0.335 e. The number of nitrogens with zero attached hydrogens (tertiary/aromatic N) is 2. The molecule has 1 atom stereocenters. The van der Waals surface area contributed by atoms with Crippen LogP contribution in [0.1, 0.15) is 27.7 Å². The number of nitrogens with one attached hydrogen (secondary N) is 3. The second-order valence-electron chi connectivity index (χ2n) is 7.04. The van der Waals surface area contributed by atoms with Crippen molar-refractivity contribution >= 4 is 44.7 Å². The van der Waals surface area contributed by atoms with E-state index >= 15 is 0 Å². The van der Waals surface area contributed by atoms with Crippen molar-refractivity contribution in [3.05, 3.63) is 111 Å². The number of rotatable bonds is 6. The molecule has 0 aliphatic carbocycles. The van der Waals surface area contributed by atoms with Crippen molar-refractivity contribution < 1.29 is 9.59 Å². The first-order valence-corrected chi connectivity index (χ1v) is 10.7. The molecule has 0 saturated heterocycles. The van der Waals surface area contributed by atoms with Gasteiger partial charge in [-0.25, -0.2) is 10.5 Å². The van der Waals surface area contributed by atoms with Crippen LogP contribution in [0.15, 0.2) is 93.2 Å². The summed E-state index contributed by atoms with van der Waals surface area (Å²) in [4.78, 5) is 38.1. The highest BCUT2D eigenvalue weighted by molar-refractivity contribution is 9.10. The molecule has 1 unspecified atom stereocenters. The van der Waals surface area contributed by atoms with Crippen LogP contribution in [0.5, 0.6) is 0 Å². The van der Waals surface area contributed by atoms with E-state index < -0.39 is 23.4 Å². The van der Waals surface area contributed by atoms with Gasteiger partial charge in [0.05, 0.1) is 11.6 Å². The highest BCUT2D eigenvalue weighted by Crippen LogP contribution is 2.20. The molecule has 2 amide bonds. The van der Waals surface area contributed by atoms with Crippen LogP contribution in [-0.2, 0) is 4.79 Å². The topological polar surface area (TPSA) is 116 Å². The van der Waals surface area contributed by atoms with E-state index in [-0.39, 0.29) is 5.69 Å². The van der Waals surface area contributed by atoms with Crippen molar-refractivity contribution in [2.24, 2.45) is 5.10 Å². The van der Waals surface area contributed by atoms with Crippen LogP contribution in [0, 0.1) is 0 Å². The van der Waals surface area contributed by atoms with Crippen LogP contribution in [0.4, 0.5) is 0 Å². The fourth-order valence-corrected chi connectivity index (χ4v) is 3.47. The number of hydrogen-bond donors (Lipinski definition) is 3. The van der Waals surface area contributed by atoms with Gasteiger partial charge in [-0.1, -0.05) is 64.5 Å². The number of fused-ring (bicyclic) bond motifs is 1. The zero-order valence-corrected chi connectivity index (χ0v) is 18.7. The third-order valence-corrected chi connectivity index (χ3v) is 5.36. The molecule has 164 valence electrons. The third kappa shape index (κ3) is 5.21. The third-order valence-electron chi connectivity index (χ3n) is 4.83. The molecule has 0 spiro atoms. The average molecular weight is 504 g/mol. The van der Waals surface area contributed by atoms with E-state index in [0.29, 0.717) is 16.3 Å². The van der Waals surface area contributed by atoms with Gasteiger partial charge in [-0.3, -0.25) is 14.4 Å². The summed E-state index contributed by atoms with van der Waals surface area (Å²) in [5.41, 5.74) is 3.41. The lowest BCUT2D eigenvalue weighted by Gasteiger charge is -2.18. The van der Waals surface area contributed by atoms with Gasteiger partial charge in [-0.05, 0) is 35.9 Å². The maximum atomic E-state index is 13.1. The van der Waals surface area contributed by atoms with Crippen LogP contribution < -0.4 is 16.3 Å². The lowest BCUT2D eigenvalue weighted by molar-refractivity contribution is -0.123. The number of carbonyl (C=O) groups excluding carboxylic acids is 2. The Morgan fingerprint density at radius 2 is 1.61 bits per heavy atom. The number of hydrogen-bond acceptors (Lipinski definition) is 5. The molecule has 0 saturated carbocycles. The number of carbonyl (C=O) groups is 2. The predicted molar refractivity (Wildman–Crippen MR) is 129 cm³/mol. The van der Waals surface area contributed by atoms with E-state index in [1.54, 1.807) is 54.6 Å². The van der Waals surface area contributed by atoms with Crippen LogP contribution in [0.25, 0.3) is 10.8 Å².